The van der Waals surface area contributed by atoms with Crippen molar-refractivity contribution >= 4 is 11.8 Å². The Morgan fingerprint density at radius 3 is 2.50 bits per heavy atom. The predicted molar refractivity (Wildman–Crippen MR) is 105 cm³/mol. The maximum atomic E-state index is 13.2. The summed E-state index contributed by atoms with van der Waals surface area (Å²) in [5.74, 6) is 0.453. The van der Waals surface area contributed by atoms with Crippen molar-refractivity contribution in [1.29, 1.82) is 0 Å². The standard InChI is InChI=1S/C21H27FN4O2/c1-15-14-23-26(18-4-2-3-5-18)19(15)24-20(27)25-12-10-21(28,11-13-25)16-6-8-17(22)9-7-16/h6-9,14,18,28H,2-5,10-13H2,1H3,(H,24,27). The van der Waals surface area contributed by atoms with E-state index < -0.39 is 5.60 Å². The van der Waals surface area contributed by atoms with Gasteiger partial charge in [-0.3, -0.25) is 5.32 Å². The molecule has 6 nitrogen and oxygen atoms in total. The van der Waals surface area contributed by atoms with Crippen molar-refractivity contribution in [2.24, 2.45) is 0 Å². The van der Waals surface area contributed by atoms with E-state index in [1.165, 1.54) is 25.0 Å². The maximum Gasteiger partial charge on any atom is 0.323 e. The minimum atomic E-state index is -1.02. The molecule has 2 aliphatic rings. The molecule has 1 aliphatic carbocycles. The molecule has 2 aromatic rings. The number of carbonyl (C=O) groups excluding carboxylic acids is 1. The lowest BCUT2D eigenvalue weighted by atomic mass is 9.84. The van der Waals surface area contributed by atoms with Crippen LogP contribution in [0.4, 0.5) is 15.0 Å². The van der Waals surface area contributed by atoms with Crippen LogP contribution in [0.2, 0.25) is 0 Å². The van der Waals surface area contributed by atoms with Crippen LogP contribution in [0.3, 0.4) is 0 Å². The van der Waals surface area contributed by atoms with Crippen molar-refractivity contribution in [3.8, 4) is 0 Å². The van der Waals surface area contributed by atoms with Crippen LogP contribution in [0.5, 0.6) is 0 Å². The number of halogens is 1. The number of aliphatic hydroxyl groups is 1. The highest BCUT2D eigenvalue weighted by molar-refractivity contribution is 5.89. The largest absolute Gasteiger partial charge is 0.385 e. The van der Waals surface area contributed by atoms with Crippen LogP contribution in [0.25, 0.3) is 0 Å². The molecule has 0 unspecified atom stereocenters. The van der Waals surface area contributed by atoms with Crippen LogP contribution >= 0.6 is 0 Å². The van der Waals surface area contributed by atoms with Gasteiger partial charge in [0.2, 0.25) is 0 Å². The monoisotopic (exact) mass is 386 g/mol. The molecule has 1 aliphatic heterocycles. The summed E-state index contributed by atoms with van der Waals surface area (Å²) in [6.07, 6.45) is 7.24. The summed E-state index contributed by atoms with van der Waals surface area (Å²) in [4.78, 5) is 14.5. The number of hydrogen-bond donors (Lipinski definition) is 2. The summed E-state index contributed by atoms with van der Waals surface area (Å²) in [7, 11) is 0. The molecule has 2 N–H and O–H groups in total. The van der Waals surface area contributed by atoms with Crippen molar-refractivity contribution in [2.45, 2.75) is 57.1 Å². The lowest BCUT2D eigenvalue weighted by Crippen LogP contribution is -2.47. The molecule has 1 aromatic heterocycles. The third-order valence-electron chi connectivity index (χ3n) is 6.13. The van der Waals surface area contributed by atoms with Crippen LogP contribution in [0.15, 0.2) is 30.5 Å². The van der Waals surface area contributed by atoms with E-state index in [2.05, 4.69) is 10.4 Å². The van der Waals surface area contributed by atoms with Crippen molar-refractivity contribution < 1.29 is 14.3 Å². The fourth-order valence-electron chi connectivity index (χ4n) is 4.34. The van der Waals surface area contributed by atoms with Crippen molar-refractivity contribution in [3.05, 3.63) is 47.4 Å². The number of urea groups is 1. The topological polar surface area (TPSA) is 70.4 Å². The molecule has 7 heteroatoms. The Bertz CT molecular complexity index is 835. The van der Waals surface area contributed by atoms with E-state index in [0.29, 0.717) is 37.5 Å². The number of nitrogens with one attached hydrogen (secondary N) is 1. The molecule has 0 bridgehead atoms. The van der Waals surface area contributed by atoms with Gasteiger partial charge in [-0.25, -0.2) is 13.9 Å². The normalized spacial score (nSPS) is 19.8. The van der Waals surface area contributed by atoms with E-state index >= 15 is 0 Å². The Morgan fingerprint density at radius 1 is 1.21 bits per heavy atom. The molecule has 2 fully saturated rings. The zero-order valence-electron chi connectivity index (χ0n) is 16.2. The number of anilines is 1. The molecule has 1 aromatic carbocycles. The van der Waals surface area contributed by atoms with Crippen molar-refractivity contribution in [2.75, 3.05) is 18.4 Å². The number of piperidine rings is 1. The Hall–Kier alpha value is -2.41. The highest BCUT2D eigenvalue weighted by atomic mass is 19.1. The number of hydrogen-bond acceptors (Lipinski definition) is 3. The molecule has 4 rings (SSSR count). The second-order valence-electron chi connectivity index (χ2n) is 8.01. The second kappa shape index (κ2) is 7.54. The fourth-order valence-corrected chi connectivity index (χ4v) is 4.34. The zero-order chi connectivity index (χ0) is 19.7. The fraction of sp³-hybridized carbons (Fsp3) is 0.524. The summed E-state index contributed by atoms with van der Waals surface area (Å²) in [6, 6.07) is 6.15. The van der Waals surface area contributed by atoms with Crippen LogP contribution < -0.4 is 5.32 Å². The van der Waals surface area contributed by atoms with E-state index in [1.54, 1.807) is 23.2 Å². The summed E-state index contributed by atoms with van der Waals surface area (Å²) < 4.78 is 15.1. The van der Waals surface area contributed by atoms with Gasteiger partial charge in [0.05, 0.1) is 17.8 Å². The van der Waals surface area contributed by atoms with Gasteiger partial charge in [-0.05, 0) is 50.3 Å². The van der Waals surface area contributed by atoms with E-state index in [0.717, 1.165) is 24.2 Å². The lowest BCUT2D eigenvalue weighted by Gasteiger charge is -2.38. The molecule has 1 saturated heterocycles. The third-order valence-corrected chi connectivity index (χ3v) is 6.13. The average Bonchev–Trinajstić information content (AvgIpc) is 3.33. The van der Waals surface area contributed by atoms with Gasteiger partial charge in [0, 0.05) is 18.7 Å². The molecule has 28 heavy (non-hydrogen) atoms. The number of carbonyl (C=O) groups is 1. The zero-order valence-corrected chi connectivity index (χ0v) is 16.2. The second-order valence-corrected chi connectivity index (χ2v) is 8.01. The molecular weight excluding hydrogens is 359 g/mol. The number of amides is 2. The predicted octanol–water partition coefficient (Wildman–Crippen LogP) is 3.96. The quantitative estimate of drug-likeness (QED) is 0.839. The number of aryl methyl sites for hydroxylation is 1. The highest BCUT2D eigenvalue weighted by Crippen LogP contribution is 2.34. The first-order valence-corrected chi connectivity index (χ1v) is 10.0. The molecule has 0 spiro atoms. The molecule has 2 amide bonds. The number of benzene rings is 1. The van der Waals surface area contributed by atoms with Gasteiger partial charge >= 0.3 is 6.03 Å². The summed E-state index contributed by atoms with van der Waals surface area (Å²) in [6.45, 7) is 2.84. The number of likely N-dealkylation sites (tertiary alicyclic amines) is 1. The molecule has 2 heterocycles. The Kier molecular flexibility index (Phi) is 5.10. The smallest absolute Gasteiger partial charge is 0.323 e. The molecular formula is C21H27FN4O2. The van der Waals surface area contributed by atoms with Gasteiger partial charge in [-0.2, -0.15) is 5.10 Å². The SMILES string of the molecule is Cc1cnn(C2CCCC2)c1NC(=O)N1CCC(O)(c2ccc(F)cc2)CC1. The van der Waals surface area contributed by atoms with E-state index in [-0.39, 0.29) is 11.8 Å². The maximum absolute atomic E-state index is 13.2. The van der Waals surface area contributed by atoms with Gasteiger partial charge in [0.25, 0.3) is 0 Å². The van der Waals surface area contributed by atoms with Crippen LogP contribution in [-0.4, -0.2) is 38.9 Å². The minimum absolute atomic E-state index is 0.163. The first-order valence-electron chi connectivity index (χ1n) is 10.0. The summed E-state index contributed by atoms with van der Waals surface area (Å²) >= 11 is 0. The average molecular weight is 386 g/mol. The lowest BCUT2D eigenvalue weighted by molar-refractivity contribution is -0.0157. The van der Waals surface area contributed by atoms with Gasteiger partial charge in [0.1, 0.15) is 11.6 Å². The van der Waals surface area contributed by atoms with E-state index in [9.17, 15) is 14.3 Å². The Balaban J connectivity index is 1.41. The van der Waals surface area contributed by atoms with Gasteiger partial charge in [0.15, 0.2) is 0 Å². The molecule has 0 atom stereocenters. The minimum Gasteiger partial charge on any atom is -0.385 e. The molecule has 0 radical (unpaired) electrons. The first-order chi connectivity index (χ1) is 13.5. The molecule has 1 saturated carbocycles. The first kappa shape index (κ1) is 18.9. The number of rotatable bonds is 3. The number of aromatic nitrogens is 2. The van der Waals surface area contributed by atoms with Gasteiger partial charge in [-0.15, -0.1) is 0 Å². The Labute approximate surface area is 164 Å². The van der Waals surface area contributed by atoms with Gasteiger partial charge in [-0.1, -0.05) is 25.0 Å². The summed E-state index contributed by atoms with van der Waals surface area (Å²) in [5, 5.41) is 18.4. The highest BCUT2D eigenvalue weighted by Gasteiger charge is 2.36. The van der Waals surface area contributed by atoms with Gasteiger partial charge < -0.3 is 10.0 Å². The van der Waals surface area contributed by atoms with Crippen LogP contribution in [0.1, 0.15) is 55.7 Å². The van der Waals surface area contributed by atoms with Crippen molar-refractivity contribution in [1.82, 2.24) is 14.7 Å². The van der Waals surface area contributed by atoms with Crippen molar-refractivity contribution in [3.63, 3.8) is 0 Å². The third kappa shape index (κ3) is 3.63. The Morgan fingerprint density at radius 2 is 1.86 bits per heavy atom. The summed E-state index contributed by atoms with van der Waals surface area (Å²) in [5.41, 5.74) is 0.635. The van der Waals surface area contributed by atoms with Crippen LogP contribution in [-0.2, 0) is 5.60 Å². The van der Waals surface area contributed by atoms with E-state index in [1.807, 2.05) is 11.6 Å². The molecule has 150 valence electrons. The number of nitrogens with zero attached hydrogens (tertiary/aromatic N) is 3. The van der Waals surface area contributed by atoms with Crippen LogP contribution in [0, 0.1) is 12.7 Å². The van der Waals surface area contributed by atoms with E-state index in [4.69, 9.17) is 0 Å².